The Labute approximate surface area is 147 Å². The molecule has 1 aromatic rings. The lowest BCUT2D eigenvalue weighted by Crippen LogP contribution is -2.48. The predicted molar refractivity (Wildman–Crippen MR) is 70.7 cm³/mol. The summed E-state index contributed by atoms with van der Waals surface area (Å²) in [6, 6.07) is 1.70. The molecule has 0 aliphatic carbocycles. The third-order valence-corrected chi connectivity index (χ3v) is 3.00. The van der Waals surface area contributed by atoms with Crippen molar-refractivity contribution in [2.24, 2.45) is 0 Å². The van der Waals surface area contributed by atoms with Crippen molar-refractivity contribution in [3.63, 3.8) is 0 Å². The van der Waals surface area contributed by atoms with E-state index in [1.807, 2.05) is 0 Å². The van der Waals surface area contributed by atoms with Crippen LogP contribution in [0.2, 0.25) is 5.02 Å². The molecule has 152 valence electrons. The molecule has 0 saturated carbocycles. The first-order valence-electron chi connectivity index (χ1n) is 6.23. The lowest BCUT2D eigenvalue weighted by molar-refractivity contribution is -0.267. The van der Waals surface area contributed by atoms with Gasteiger partial charge in [-0.2, -0.15) is 43.9 Å². The molecule has 0 aliphatic heterocycles. The summed E-state index contributed by atoms with van der Waals surface area (Å²) in [6.07, 6.45) is -12.7. The highest BCUT2D eigenvalue weighted by atomic mass is 35.5. The Bertz CT molecular complexity index is 745. The summed E-state index contributed by atoms with van der Waals surface area (Å²) in [5, 5.41) is 1.49. The van der Waals surface area contributed by atoms with Crippen molar-refractivity contribution in [2.75, 3.05) is 10.6 Å². The third-order valence-electron chi connectivity index (χ3n) is 2.76. The summed E-state index contributed by atoms with van der Waals surface area (Å²) in [4.78, 5) is 22.2. The molecule has 0 aromatic heterocycles. The second kappa shape index (κ2) is 7.05. The number of hydrogen-bond donors (Lipinski definition) is 2. The first kappa shape index (κ1) is 22.8. The van der Waals surface area contributed by atoms with Gasteiger partial charge in [0.25, 0.3) is 0 Å². The zero-order valence-corrected chi connectivity index (χ0v) is 13.0. The van der Waals surface area contributed by atoms with Crippen molar-refractivity contribution in [3.8, 4) is 0 Å². The van der Waals surface area contributed by atoms with Crippen molar-refractivity contribution in [3.05, 3.63) is 23.2 Å². The van der Waals surface area contributed by atoms with Crippen molar-refractivity contribution >= 4 is 34.8 Å². The third kappa shape index (κ3) is 4.73. The largest absolute Gasteiger partial charge is 0.463 e. The maximum atomic E-state index is 12.9. The predicted octanol–water partition coefficient (Wildman–Crippen LogP) is 4.61. The molecule has 15 heteroatoms. The number of alkyl halides is 10. The molecule has 2 amide bonds. The van der Waals surface area contributed by atoms with E-state index in [2.05, 4.69) is 0 Å². The van der Waals surface area contributed by atoms with E-state index in [1.165, 1.54) is 0 Å². The molecule has 1 rings (SSSR count). The van der Waals surface area contributed by atoms with E-state index in [-0.39, 0.29) is 0 Å². The second-order valence-corrected chi connectivity index (χ2v) is 5.18. The molecule has 0 saturated heterocycles. The van der Waals surface area contributed by atoms with Gasteiger partial charge in [0, 0.05) is 5.02 Å². The average molecular weight is 435 g/mol. The Hall–Kier alpha value is -2.25. The molecule has 2 N–H and O–H groups in total. The average Bonchev–Trinajstić information content (AvgIpc) is 2.47. The number of carbonyl (C=O) groups is 2. The van der Waals surface area contributed by atoms with Crippen LogP contribution in [0.3, 0.4) is 0 Å². The van der Waals surface area contributed by atoms with Crippen LogP contribution in [-0.2, 0) is 9.59 Å². The molecular weight excluding hydrogens is 430 g/mol. The molecule has 0 aliphatic rings. The van der Waals surface area contributed by atoms with Crippen LogP contribution in [0.15, 0.2) is 18.2 Å². The highest BCUT2D eigenvalue weighted by Crippen LogP contribution is 2.39. The molecule has 1 aromatic carbocycles. The first-order chi connectivity index (χ1) is 11.9. The maximum absolute atomic E-state index is 12.9. The summed E-state index contributed by atoms with van der Waals surface area (Å²) in [5.74, 6) is -17.8. The van der Waals surface area contributed by atoms with Gasteiger partial charge >= 0.3 is 36.0 Å². The molecule has 0 spiro atoms. The van der Waals surface area contributed by atoms with E-state index in [1.54, 1.807) is 0 Å². The zero-order valence-electron chi connectivity index (χ0n) is 12.2. The molecule has 0 fully saturated rings. The van der Waals surface area contributed by atoms with Gasteiger partial charge in [-0.3, -0.25) is 9.59 Å². The maximum Gasteiger partial charge on any atom is 0.463 e. The number of anilines is 2. The number of nitrogens with one attached hydrogen (secondary N) is 2. The fourth-order valence-electron chi connectivity index (χ4n) is 1.39. The number of amides is 2. The van der Waals surface area contributed by atoms with E-state index in [4.69, 9.17) is 11.6 Å². The van der Waals surface area contributed by atoms with Gasteiger partial charge in [-0.25, -0.2) is 0 Å². The second-order valence-electron chi connectivity index (χ2n) is 4.74. The van der Waals surface area contributed by atoms with E-state index < -0.39 is 52.4 Å². The fraction of sp³-hybridized carbons (Fsp3) is 0.333. The number of rotatable bonds is 4. The molecule has 0 radical (unpaired) electrons. The van der Waals surface area contributed by atoms with Crippen LogP contribution in [0.1, 0.15) is 0 Å². The van der Waals surface area contributed by atoms with E-state index >= 15 is 0 Å². The van der Waals surface area contributed by atoms with Crippen LogP contribution < -0.4 is 10.6 Å². The summed E-state index contributed by atoms with van der Waals surface area (Å²) in [6.45, 7) is 0. The van der Waals surface area contributed by atoms with Crippen LogP contribution in [0.4, 0.5) is 55.3 Å². The Kier molecular flexibility index (Phi) is 5.95. The number of hydrogen-bond acceptors (Lipinski definition) is 2. The van der Waals surface area contributed by atoms with Gasteiger partial charge in [0.2, 0.25) is 0 Å². The van der Waals surface area contributed by atoms with Gasteiger partial charge in [0.1, 0.15) is 0 Å². The van der Waals surface area contributed by atoms with Gasteiger partial charge in [0.15, 0.2) is 0 Å². The Balaban J connectivity index is 3.21. The minimum Gasteiger partial charge on any atom is -0.319 e. The number of halogens is 11. The number of carbonyl (C=O) groups excluding carboxylic acids is 2. The minimum absolute atomic E-state index is 0.438. The smallest absolute Gasteiger partial charge is 0.319 e. The molecule has 0 heterocycles. The van der Waals surface area contributed by atoms with E-state index in [0.29, 0.717) is 12.1 Å². The van der Waals surface area contributed by atoms with E-state index in [0.717, 1.165) is 16.7 Å². The summed E-state index contributed by atoms with van der Waals surface area (Å²) < 4.78 is 124. The van der Waals surface area contributed by atoms with Gasteiger partial charge in [0.05, 0.1) is 11.4 Å². The van der Waals surface area contributed by atoms with Gasteiger partial charge in [-0.05, 0) is 18.2 Å². The van der Waals surface area contributed by atoms with Crippen molar-refractivity contribution < 1.29 is 53.5 Å². The summed E-state index contributed by atoms with van der Waals surface area (Å²) in [5.41, 5.74) is -2.32. The standard InChI is InChI=1S/C12H5ClF10N2O2/c13-4-1-2-5(24-7(26)9(14,15)11(18,19)20)6(3-4)25-8(27)10(16,17)12(21,22)23/h1-3H,(H,24,26)(H,25,27). The lowest BCUT2D eigenvalue weighted by Gasteiger charge is -2.22. The van der Waals surface area contributed by atoms with Crippen LogP contribution in [0, 0.1) is 0 Å². The topological polar surface area (TPSA) is 58.2 Å². The molecule has 27 heavy (non-hydrogen) atoms. The van der Waals surface area contributed by atoms with Crippen molar-refractivity contribution in [1.82, 2.24) is 0 Å². The van der Waals surface area contributed by atoms with Crippen molar-refractivity contribution in [2.45, 2.75) is 24.2 Å². The van der Waals surface area contributed by atoms with Crippen molar-refractivity contribution in [1.29, 1.82) is 0 Å². The van der Waals surface area contributed by atoms with E-state index in [9.17, 15) is 53.5 Å². The quantitative estimate of drug-likeness (QED) is 0.680. The van der Waals surface area contributed by atoms with Gasteiger partial charge < -0.3 is 10.6 Å². The Morgan fingerprint density at radius 1 is 0.704 bits per heavy atom. The normalized spacial score (nSPS) is 13.3. The molecule has 4 nitrogen and oxygen atoms in total. The van der Waals surface area contributed by atoms with Crippen LogP contribution in [0.5, 0.6) is 0 Å². The molecule has 0 bridgehead atoms. The fourth-order valence-corrected chi connectivity index (χ4v) is 1.56. The zero-order chi connectivity index (χ0) is 21.4. The Morgan fingerprint density at radius 3 is 1.44 bits per heavy atom. The summed E-state index contributed by atoms with van der Waals surface area (Å²) >= 11 is 5.40. The van der Waals surface area contributed by atoms with Crippen LogP contribution >= 0.6 is 11.6 Å². The van der Waals surface area contributed by atoms with Gasteiger partial charge in [-0.1, -0.05) is 11.6 Å². The minimum atomic E-state index is -6.33. The number of benzene rings is 1. The van der Waals surface area contributed by atoms with Crippen LogP contribution in [-0.4, -0.2) is 36.0 Å². The highest BCUT2D eigenvalue weighted by molar-refractivity contribution is 6.31. The highest BCUT2D eigenvalue weighted by Gasteiger charge is 2.64. The molecular formula is C12H5ClF10N2O2. The monoisotopic (exact) mass is 434 g/mol. The lowest BCUT2D eigenvalue weighted by atomic mass is 10.2. The first-order valence-corrected chi connectivity index (χ1v) is 6.60. The molecule has 0 unspecified atom stereocenters. The summed E-state index contributed by atoms with van der Waals surface area (Å²) in [7, 11) is 0. The Morgan fingerprint density at radius 2 is 1.07 bits per heavy atom. The SMILES string of the molecule is O=C(Nc1ccc(Cl)cc1NC(=O)C(F)(F)C(F)(F)F)C(F)(F)C(F)(F)F. The van der Waals surface area contributed by atoms with Crippen LogP contribution in [0.25, 0.3) is 0 Å². The van der Waals surface area contributed by atoms with Gasteiger partial charge in [-0.15, -0.1) is 0 Å². The molecule has 0 atom stereocenters.